The lowest BCUT2D eigenvalue weighted by Gasteiger charge is -2.32. The zero-order valence-electron chi connectivity index (χ0n) is 16.7. The molecule has 1 N–H and O–H groups in total. The van der Waals surface area contributed by atoms with Gasteiger partial charge in [-0.2, -0.15) is 0 Å². The van der Waals surface area contributed by atoms with E-state index in [9.17, 15) is 4.79 Å². The molecule has 1 saturated heterocycles. The number of nitrogens with zero attached hydrogens (tertiary/aromatic N) is 4. The van der Waals surface area contributed by atoms with Gasteiger partial charge in [0, 0.05) is 48.9 Å². The maximum atomic E-state index is 12.4. The van der Waals surface area contributed by atoms with Gasteiger partial charge in [0.25, 0.3) is 5.56 Å². The van der Waals surface area contributed by atoms with Crippen molar-refractivity contribution >= 4 is 50.7 Å². The molecular weight excluding hydrogens is 490 g/mol. The Labute approximate surface area is 194 Å². The Kier molecular flexibility index (Phi) is 8.24. The molecule has 4 heterocycles. The van der Waals surface area contributed by atoms with Crippen molar-refractivity contribution in [3.63, 3.8) is 0 Å². The Hall–Kier alpha value is -1.52. The van der Waals surface area contributed by atoms with Crippen LogP contribution < -0.4 is 15.6 Å². The second-order valence-electron chi connectivity index (χ2n) is 7.18. The van der Waals surface area contributed by atoms with Crippen LogP contribution in [0.1, 0.15) is 17.7 Å². The molecule has 0 unspecified atom stereocenters. The number of ether oxygens (including phenoxy) is 1. The van der Waals surface area contributed by atoms with Crippen LogP contribution in [0.25, 0.3) is 11.0 Å². The summed E-state index contributed by atoms with van der Waals surface area (Å²) in [5, 5.41) is 3.64. The quantitative estimate of drug-likeness (QED) is 0.522. The van der Waals surface area contributed by atoms with Crippen molar-refractivity contribution in [2.75, 3.05) is 26.7 Å². The van der Waals surface area contributed by atoms with Crippen LogP contribution in [0.15, 0.2) is 39.3 Å². The lowest BCUT2D eigenvalue weighted by Crippen LogP contribution is -2.43. The standard InChI is InChI=1S/C20H24BrN5O2S.ClH/c1-28-15-10-18-17(23-11-15)2-3-19(27)26(18)9-8-25-6-4-14(5-7-25)22-12-16-13-24-20(21)29-16;/h2-3,10-11,13-14,22H,4-9,12H2,1H3;1H. The summed E-state index contributed by atoms with van der Waals surface area (Å²) in [5.74, 6) is 0.664. The first-order chi connectivity index (χ1) is 14.1. The number of halogens is 2. The zero-order chi connectivity index (χ0) is 20.2. The van der Waals surface area contributed by atoms with E-state index in [1.54, 1.807) is 41.3 Å². The number of likely N-dealkylation sites (tertiary alicyclic amines) is 1. The highest BCUT2D eigenvalue weighted by Crippen LogP contribution is 2.20. The highest BCUT2D eigenvalue weighted by Gasteiger charge is 2.19. The molecule has 30 heavy (non-hydrogen) atoms. The highest BCUT2D eigenvalue weighted by atomic mass is 79.9. The summed E-state index contributed by atoms with van der Waals surface area (Å²) in [6.45, 7) is 4.44. The summed E-state index contributed by atoms with van der Waals surface area (Å²) in [4.78, 5) is 24.7. The Morgan fingerprint density at radius 2 is 2.03 bits per heavy atom. The van der Waals surface area contributed by atoms with Crippen LogP contribution in [-0.4, -0.2) is 52.2 Å². The van der Waals surface area contributed by atoms with Crippen LogP contribution >= 0.6 is 39.7 Å². The number of thiazole rings is 1. The number of nitrogens with one attached hydrogen (secondary N) is 1. The Morgan fingerprint density at radius 1 is 1.23 bits per heavy atom. The molecule has 0 aliphatic carbocycles. The molecular formula is C20H25BrClN5O2S. The number of pyridine rings is 2. The summed E-state index contributed by atoms with van der Waals surface area (Å²) in [5.41, 5.74) is 1.63. The second kappa shape index (κ2) is 10.7. The van der Waals surface area contributed by atoms with E-state index in [2.05, 4.69) is 36.1 Å². The van der Waals surface area contributed by atoms with Crippen molar-refractivity contribution in [1.29, 1.82) is 0 Å². The first kappa shape index (κ1) is 23.1. The Bertz CT molecular complexity index is 1040. The third kappa shape index (κ3) is 5.59. The number of hydrogen-bond donors (Lipinski definition) is 1. The van der Waals surface area contributed by atoms with Gasteiger partial charge in [-0.3, -0.25) is 9.78 Å². The van der Waals surface area contributed by atoms with E-state index in [-0.39, 0.29) is 18.0 Å². The van der Waals surface area contributed by atoms with Crippen molar-refractivity contribution in [3.05, 3.63) is 49.7 Å². The topological polar surface area (TPSA) is 72.3 Å². The van der Waals surface area contributed by atoms with E-state index < -0.39 is 0 Å². The number of piperidine rings is 1. The summed E-state index contributed by atoms with van der Waals surface area (Å²) < 4.78 is 8.01. The van der Waals surface area contributed by atoms with Gasteiger partial charge in [0.2, 0.25) is 0 Å². The first-order valence-electron chi connectivity index (χ1n) is 9.72. The molecule has 1 fully saturated rings. The van der Waals surface area contributed by atoms with E-state index in [1.165, 1.54) is 4.88 Å². The van der Waals surface area contributed by atoms with Gasteiger partial charge in [0.05, 0.1) is 24.3 Å². The van der Waals surface area contributed by atoms with Gasteiger partial charge in [-0.15, -0.1) is 23.7 Å². The van der Waals surface area contributed by atoms with Gasteiger partial charge in [0.15, 0.2) is 3.92 Å². The summed E-state index contributed by atoms with van der Waals surface area (Å²) in [6, 6.07) is 5.78. The molecule has 162 valence electrons. The van der Waals surface area contributed by atoms with Crippen LogP contribution in [-0.2, 0) is 13.1 Å². The van der Waals surface area contributed by atoms with Crippen molar-refractivity contribution in [1.82, 2.24) is 24.8 Å². The molecule has 0 spiro atoms. The fourth-order valence-corrected chi connectivity index (χ4v) is 5.01. The van der Waals surface area contributed by atoms with Gasteiger partial charge < -0.3 is 19.5 Å². The van der Waals surface area contributed by atoms with E-state index >= 15 is 0 Å². The maximum Gasteiger partial charge on any atom is 0.251 e. The molecule has 4 rings (SSSR count). The third-order valence-corrected chi connectivity index (χ3v) is 6.84. The number of rotatable bonds is 7. The van der Waals surface area contributed by atoms with Gasteiger partial charge in [-0.25, -0.2) is 4.98 Å². The lowest BCUT2D eigenvalue weighted by atomic mass is 10.1. The second-order valence-corrected chi connectivity index (χ2v) is 9.57. The SMILES string of the molecule is COc1cnc2ccc(=O)n(CCN3CCC(NCc4cnc(Br)s4)CC3)c2c1.Cl. The number of aromatic nitrogens is 3. The van der Waals surface area contributed by atoms with Gasteiger partial charge >= 0.3 is 0 Å². The number of hydrogen-bond acceptors (Lipinski definition) is 7. The monoisotopic (exact) mass is 513 g/mol. The fraction of sp³-hybridized carbons (Fsp3) is 0.450. The largest absolute Gasteiger partial charge is 0.495 e. The van der Waals surface area contributed by atoms with E-state index in [4.69, 9.17) is 4.74 Å². The highest BCUT2D eigenvalue weighted by molar-refractivity contribution is 9.11. The lowest BCUT2D eigenvalue weighted by molar-refractivity contribution is 0.191. The van der Waals surface area contributed by atoms with Crippen molar-refractivity contribution < 1.29 is 4.74 Å². The fourth-order valence-electron chi connectivity index (χ4n) is 3.70. The maximum absolute atomic E-state index is 12.4. The van der Waals surface area contributed by atoms with E-state index in [0.717, 1.165) is 54.0 Å². The molecule has 1 aliphatic rings. The molecule has 1 aliphatic heterocycles. The third-order valence-electron chi connectivity index (χ3n) is 5.37. The molecule has 10 heteroatoms. The van der Waals surface area contributed by atoms with Crippen molar-refractivity contribution in [3.8, 4) is 5.75 Å². The number of methoxy groups -OCH3 is 1. The molecule has 0 saturated carbocycles. The Morgan fingerprint density at radius 3 is 2.73 bits per heavy atom. The Balaban J connectivity index is 0.00000256. The normalized spacial score (nSPS) is 15.3. The minimum atomic E-state index is -0.000163. The predicted molar refractivity (Wildman–Crippen MR) is 126 cm³/mol. The molecule has 0 radical (unpaired) electrons. The summed E-state index contributed by atoms with van der Waals surface area (Å²) in [7, 11) is 1.61. The van der Waals surface area contributed by atoms with Crippen molar-refractivity contribution in [2.24, 2.45) is 0 Å². The molecule has 3 aromatic heterocycles. The molecule has 0 bridgehead atoms. The average Bonchev–Trinajstić information content (AvgIpc) is 3.17. The van der Waals surface area contributed by atoms with Crippen LogP contribution in [0.5, 0.6) is 5.75 Å². The predicted octanol–water partition coefficient (Wildman–Crippen LogP) is 3.30. The molecule has 0 amide bonds. The van der Waals surface area contributed by atoms with Crippen molar-refractivity contribution in [2.45, 2.75) is 32.0 Å². The minimum Gasteiger partial charge on any atom is -0.495 e. The van der Waals surface area contributed by atoms with Gasteiger partial charge in [0.1, 0.15) is 5.75 Å². The van der Waals surface area contributed by atoms with Gasteiger partial charge in [-0.05, 0) is 47.9 Å². The molecule has 3 aromatic rings. The van der Waals surface area contributed by atoms with E-state index in [0.29, 0.717) is 18.3 Å². The van der Waals surface area contributed by atoms with Crippen LogP contribution in [0.3, 0.4) is 0 Å². The average molecular weight is 515 g/mol. The zero-order valence-corrected chi connectivity index (χ0v) is 19.9. The molecule has 7 nitrogen and oxygen atoms in total. The molecule has 0 aromatic carbocycles. The number of fused-ring (bicyclic) bond motifs is 1. The summed E-state index contributed by atoms with van der Waals surface area (Å²) in [6.07, 6.45) is 5.82. The van der Waals surface area contributed by atoms with Crippen LogP contribution in [0.4, 0.5) is 0 Å². The summed E-state index contributed by atoms with van der Waals surface area (Å²) >= 11 is 5.08. The van der Waals surface area contributed by atoms with Gasteiger partial charge in [-0.1, -0.05) is 0 Å². The van der Waals surface area contributed by atoms with Crippen LogP contribution in [0.2, 0.25) is 0 Å². The smallest absolute Gasteiger partial charge is 0.251 e. The minimum absolute atomic E-state index is 0. The first-order valence-corrected chi connectivity index (χ1v) is 11.3. The molecule has 0 atom stereocenters. The van der Waals surface area contributed by atoms with Crippen LogP contribution in [0, 0.1) is 0 Å². The van der Waals surface area contributed by atoms with E-state index in [1.807, 2.05) is 12.3 Å².